The normalized spacial score (nSPS) is 12.6. The van der Waals surface area contributed by atoms with Crippen LogP contribution in [-0.4, -0.2) is 9.97 Å². The zero-order valence-corrected chi connectivity index (χ0v) is 10.6. The molecule has 17 heavy (non-hydrogen) atoms. The maximum Gasteiger partial charge on any atom is 0.141 e. The van der Waals surface area contributed by atoms with Gasteiger partial charge < -0.3 is 5.32 Å². The summed E-state index contributed by atoms with van der Waals surface area (Å²) in [5.74, 6) is -0.301. The summed E-state index contributed by atoms with van der Waals surface area (Å²) in [5, 5.41) is 4.38. The Morgan fingerprint density at radius 1 is 1.41 bits per heavy atom. The van der Waals surface area contributed by atoms with Gasteiger partial charge in [0.2, 0.25) is 0 Å². The second kappa shape index (κ2) is 5.33. The van der Waals surface area contributed by atoms with Crippen LogP contribution in [0.1, 0.15) is 28.4 Å². The van der Waals surface area contributed by atoms with Crippen LogP contribution in [0.25, 0.3) is 0 Å². The first kappa shape index (κ1) is 12.1. The highest BCUT2D eigenvalue weighted by Crippen LogP contribution is 2.15. The van der Waals surface area contributed by atoms with Gasteiger partial charge in [-0.05, 0) is 25.5 Å². The fourth-order valence-corrected chi connectivity index (χ4v) is 2.27. The number of halogens is 1. The fourth-order valence-electron chi connectivity index (χ4n) is 1.52. The maximum atomic E-state index is 13.0. The Morgan fingerprint density at radius 2 is 2.24 bits per heavy atom. The fraction of sp³-hybridized carbons (Fsp3) is 0.333. The summed E-state index contributed by atoms with van der Waals surface area (Å²) < 4.78 is 13.0. The van der Waals surface area contributed by atoms with Crippen molar-refractivity contribution >= 4 is 11.3 Å². The molecule has 1 N–H and O–H groups in total. The van der Waals surface area contributed by atoms with E-state index >= 15 is 0 Å². The Bertz CT molecular complexity index is 498. The lowest BCUT2D eigenvalue weighted by Gasteiger charge is -2.12. The smallest absolute Gasteiger partial charge is 0.141 e. The molecule has 2 rings (SSSR count). The first-order valence-corrected chi connectivity index (χ1v) is 6.22. The Kier molecular flexibility index (Phi) is 3.81. The van der Waals surface area contributed by atoms with E-state index in [-0.39, 0.29) is 11.9 Å². The molecular formula is C12H14FN3S. The molecule has 0 saturated carbocycles. The van der Waals surface area contributed by atoms with Crippen molar-refractivity contribution in [1.29, 1.82) is 0 Å². The second-order valence-corrected chi connectivity index (χ2v) is 5.20. The number of pyridine rings is 1. The first-order valence-electron chi connectivity index (χ1n) is 5.40. The number of thiazole rings is 1. The third-order valence-electron chi connectivity index (χ3n) is 2.48. The molecule has 0 aliphatic heterocycles. The molecule has 90 valence electrons. The quantitative estimate of drug-likeness (QED) is 0.908. The van der Waals surface area contributed by atoms with Gasteiger partial charge >= 0.3 is 0 Å². The van der Waals surface area contributed by atoms with E-state index in [1.54, 1.807) is 17.5 Å². The van der Waals surface area contributed by atoms with Gasteiger partial charge in [0.25, 0.3) is 0 Å². The number of aryl methyl sites for hydroxylation is 1. The zero-order chi connectivity index (χ0) is 12.3. The molecule has 1 atom stereocenters. The van der Waals surface area contributed by atoms with Crippen molar-refractivity contribution in [3.63, 3.8) is 0 Å². The Hall–Kier alpha value is -1.33. The lowest BCUT2D eigenvalue weighted by Crippen LogP contribution is -2.17. The van der Waals surface area contributed by atoms with Crippen molar-refractivity contribution in [3.05, 3.63) is 45.9 Å². The Morgan fingerprint density at radius 3 is 2.88 bits per heavy atom. The third-order valence-corrected chi connectivity index (χ3v) is 3.39. The van der Waals surface area contributed by atoms with Crippen molar-refractivity contribution in [1.82, 2.24) is 15.3 Å². The molecule has 0 fully saturated rings. The lowest BCUT2D eigenvalue weighted by atomic mass is 10.1. The minimum atomic E-state index is -0.301. The van der Waals surface area contributed by atoms with Gasteiger partial charge in [-0.1, -0.05) is 0 Å². The molecular weight excluding hydrogens is 237 g/mol. The van der Waals surface area contributed by atoms with Gasteiger partial charge in [-0.3, -0.25) is 4.98 Å². The molecule has 0 amide bonds. The molecule has 1 unspecified atom stereocenters. The maximum absolute atomic E-state index is 13.0. The van der Waals surface area contributed by atoms with Crippen LogP contribution in [0.2, 0.25) is 0 Å². The average molecular weight is 251 g/mol. The standard InChI is InChI=1S/C12H14FN3S/c1-8(10-3-11(13)5-14-4-10)15-6-12-7-16-9(2)17-12/h3-5,7-8,15H,6H2,1-2H3. The summed E-state index contributed by atoms with van der Waals surface area (Å²) in [5.41, 5.74) is 0.853. The van der Waals surface area contributed by atoms with Crippen LogP contribution >= 0.6 is 11.3 Å². The Labute approximate surface area is 104 Å². The molecule has 2 aromatic rings. The first-order chi connectivity index (χ1) is 8.15. The van der Waals surface area contributed by atoms with Gasteiger partial charge in [-0.25, -0.2) is 9.37 Å². The highest BCUT2D eigenvalue weighted by atomic mass is 32.1. The van der Waals surface area contributed by atoms with Gasteiger partial charge in [0.15, 0.2) is 0 Å². The van der Waals surface area contributed by atoms with E-state index in [0.717, 1.165) is 17.1 Å². The zero-order valence-electron chi connectivity index (χ0n) is 9.77. The largest absolute Gasteiger partial charge is 0.305 e. The average Bonchev–Trinajstić information content (AvgIpc) is 2.72. The number of aromatic nitrogens is 2. The molecule has 0 aromatic carbocycles. The highest BCUT2D eigenvalue weighted by molar-refractivity contribution is 7.11. The molecule has 0 spiro atoms. The summed E-state index contributed by atoms with van der Waals surface area (Å²) in [4.78, 5) is 9.21. The van der Waals surface area contributed by atoms with Gasteiger partial charge in [0, 0.05) is 29.9 Å². The van der Waals surface area contributed by atoms with Crippen molar-refractivity contribution < 1.29 is 4.39 Å². The van der Waals surface area contributed by atoms with E-state index in [4.69, 9.17) is 0 Å². The molecule has 2 heterocycles. The van der Waals surface area contributed by atoms with Crippen LogP contribution in [0.3, 0.4) is 0 Å². The van der Waals surface area contributed by atoms with Gasteiger partial charge in [-0.2, -0.15) is 0 Å². The topological polar surface area (TPSA) is 37.8 Å². The molecule has 0 bridgehead atoms. The summed E-state index contributed by atoms with van der Waals surface area (Å²) in [6.07, 6.45) is 4.75. The molecule has 2 aromatic heterocycles. The Balaban J connectivity index is 1.95. The minimum absolute atomic E-state index is 0.0700. The van der Waals surface area contributed by atoms with Gasteiger partial charge in [0.1, 0.15) is 5.82 Å². The summed E-state index contributed by atoms with van der Waals surface area (Å²) in [7, 11) is 0. The highest BCUT2D eigenvalue weighted by Gasteiger charge is 2.07. The van der Waals surface area contributed by atoms with E-state index in [1.165, 1.54) is 17.1 Å². The van der Waals surface area contributed by atoms with E-state index in [9.17, 15) is 4.39 Å². The summed E-state index contributed by atoms with van der Waals surface area (Å²) >= 11 is 1.66. The minimum Gasteiger partial charge on any atom is -0.305 e. The third kappa shape index (κ3) is 3.31. The number of hydrogen-bond donors (Lipinski definition) is 1. The monoisotopic (exact) mass is 251 g/mol. The molecule has 0 saturated heterocycles. The molecule has 0 radical (unpaired) electrons. The van der Waals surface area contributed by atoms with Gasteiger partial charge in [-0.15, -0.1) is 11.3 Å². The van der Waals surface area contributed by atoms with E-state index < -0.39 is 0 Å². The van der Waals surface area contributed by atoms with Crippen LogP contribution in [0, 0.1) is 12.7 Å². The number of nitrogens with zero attached hydrogens (tertiary/aromatic N) is 2. The second-order valence-electron chi connectivity index (χ2n) is 3.88. The predicted molar refractivity (Wildman–Crippen MR) is 66.3 cm³/mol. The SMILES string of the molecule is Cc1ncc(CNC(C)c2cncc(F)c2)s1. The van der Waals surface area contributed by atoms with Crippen molar-refractivity contribution in [2.45, 2.75) is 26.4 Å². The summed E-state index contributed by atoms with van der Waals surface area (Å²) in [6, 6.07) is 1.57. The molecule has 0 aliphatic carbocycles. The van der Waals surface area contributed by atoms with Crippen LogP contribution in [0.5, 0.6) is 0 Å². The number of nitrogens with one attached hydrogen (secondary N) is 1. The predicted octanol–water partition coefficient (Wildman–Crippen LogP) is 2.84. The molecule has 3 nitrogen and oxygen atoms in total. The van der Waals surface area contributed by atoms with Crippen molar-refractivity contribution in [3.8, 4) is 0 Å². The van der Waals surface area contributed by atoms with Gasteiger partial charge in [0.05, 0.1) is 11.2 Å². The van der Waals surface area contributed by atoms with E-state index in [1.807, 2.05) is 20.0 Å². The number of rotatable bonds is 4. The van der Waals surface area contributed by atoms with Crippen LogP contribution in [0.15, 0.2) is 24.7 Å². The van der Waals surface area contributed by atoms with Crippen molar-refractivity contribution in [2.24, 2.45) is 0 Å². The van der Waals surface area contributed by atoms with Crippen LogP contribution < -0.4 is 5.32 Å². The van der Waals surface area contributed by atoms with E-state index in [2.05, 4.69) is 15.3 Å². The summed E-state index contributed by atoms with van der Waals surface area (Å²) in [6.45, 7) is 4.71. The number of hydrogen-bond acceptors (Lipinski definition) is 4. The van der Waals surface area contributed by atoms with Crippen molar-refractivity contribution in [2.75, 3.05) is 0 Å². The van der Waals surface area contributed by atoms with E-state index in [0.29, 0.717) is 0 Å². The molecule has 0 aliphatic rings. The van der Waals surface area contributed by atoms with Crippen LogP contribution in [-0.2, 0) is 6.54 Å². The van der Waals surface area contributed by atoms with Crippen LogP contribution in [0.4, 0.5) is 4.39 Å². The molecule has 5 heteroatoms. The lowest BCUT2D eigenvalue weighted by molar-refractivity contribution is 0.563.